The van der Waals surface area contributed by atoms with Crippen molar-refractivity contribution in [3.8, 4) is 0 Å². The summed E-state index contributed by atoms with van der Waals surface area (Å²) in [6.45, 7) is 2.46. The van der Waals surface area contributed by atoms with E-state index in [0.717, 1.165) is 12.0 Å². The van der Waals surface area contributed by atoms with Gasteiger partial charge in [0.25, 0.3) is 5.91 Å². The third kappa shape index (κ3) is 2.58. The summed E-state index contributed by atoms with van der Waals surface area (Å²) in [5.41, 5.74) is 0.980. The van der Waals surface area contributed by atoms with E-state index in [0.29, 0.717) is 51.1 Å². The van der Waals surface area contributed by atoms with E-state index in [2.05, 4.69) is 15.5 Å². The molecule has 8 heteroatoms. The minimum absolute atomic E-state index is 0.163. The van der Waals surface area contributed by atoms with Crippen LogP contribution in [0.5, 0.6) is 0 Å². The molecule has 2 amide bonds. The Balaban J connectivity index is 1.59. The van der Waals surface area contributed by atoms with E-state index in [9.17, 15) is 14.4 Å². The first-order valence-electron chi connectivity index (χ1n) is 12.4. The molecule has 0 radical (unpaired) electrons. The van der Waals surface area contributed by atoms with Crippen LogP contribution in [0, 0.1) is 12.8 Å². The molecule has 6 nitrogen and oxygen atoms in total. The van der Waals surface area contributed by atoms with Crippen LogP contribution in [0.25, 0.3) is 0 Å². The van der Waals surface area contributed by atoms with Gasteiger partial charge in [0.15, 0.2) is 5.78 Å². The van der Waals surface area contributed by atoms with Crippen molar-refractivity contribution in [3.63, 3.8) is 0 Å². The van der Waals surface area contributed by atoms with E-state index in [1.165, 1.54) is 0 Å². The first kappa shape index (κ1) is 23.0. The lowest BCUT2D eigenvalue weighted by atomic mass is 9.57. The van der Waals surface area contributed by atoms with Crippen molar-refractivity contribution in [2.75, 3.05) is 17.2 Å². The van der Waals surface area contributed by atoms with Gasteiger partial charge in [0.05, 0.1) is 11.6 Å². The topological polar surface area (TPSA) is 78.5 Å². The first-order chi connectivity index (χ1) is 17.8. The van der Waals surface area contributed by atoms with Crippen LogP contribution in [0.4, 0.5) is 11.4 Å². The van der Waals surface area contributed by atoms with Crippen LogP contribution < -0.4 is 10.6 Å². The molecular weight excluding hydrogens is 509 g/mol. The lowest BCUT2D eigenvalue weighted by Gasteiger charge is -2.43. The zero-order chi connectivity index (χ0) is 25.7. The van der Waals surface area contributed by atoms with E-state index in [1.54, 1.807) is 30.3 Å². The smallest absolute Gasteiger partial charge is 0.251 e. The van der Waals surface area contributed by atoms with Crippen LogP contribution in [-0.2, 0) is 20.5 Å². The molecule has 2 fully saturated rings. The van der Waals surface area contributed by atoms with Crippen LogP contribution in [0.1, 0.15) is 39.9 Å². The molecule has 186 valence electrons. The number of carbonyl (C=O) groups is 3. The highest BCUT2D eigenvalue weighted by Gasteiger charge is 2.81. The molecule has 4 heterocycles. The summed E-state index contributed by atoms with van der Waals surface area (Å²) in [4.78, 5) is 45.5. The van der Waals surface area contributed by atoms with Crippen molar-refractivity contribution in [1.82, 2.24) is 4.90 Å². The quantitative estimate of drug-likeness (QED) is 0.439. The number of rotatable bonds is 2. The Labute approximate surface area is 223 Å². The highest BCUT2D eigenvalue weighted by Crippen LogP contribution is 2.68. The zero-order valence-corrected chi connectivity index (χ0v) is 21.5. The van der Waals surface area contributed by atoms with E-state index in [4.69, 9.17) is 23.2 Å². The van der Waals surface area contributed by atoms with Crippen LogP contribution in [-0.4, -0.2) is 35.1 Å². The molecule has 2 N–H and O–H groups in total. The molecule has 4 atom stereocenters. The lowest BCUT2D eigenvalue weighted by Crippen LogP contribution is -2.62. The maximum atomic E-state index is 14.5. The number of Topliss-reactive ketones (excluding diaryl/α,β-unsaturated/α-hetero) is 1. The van der Waals surface area contributed by atoms with E-state index >= 15 is 0 Å². The average molecular weight is 532 g/mol. The van der Waals surface area contributed by atoms with Crippen LogP contribution >= 0.6 is 23.2 Å². The fraction of sp³-hybridized carbons (Fsp3) is 0.276. The Morgan fingerprint density at radius 3 is 2.49 bits per heavy atom. The fourth-order valence-electron chi connectivity index (χ4n) is 7.56. The molecule has 4 aliphatic heterocycles. The lowest BCUT2D eigenvalue weighted by molar-refractivity contribution is -0.137. The molecule has 0 aliphatic carbocycles. The summed E-state index contributed by atoms with van der Waals surface area (Å²) in [5.74, 6) is -1.57. The van der Waals surface area contributed by atoms with Gasteiger partial charge in [-0.1, -0.05) is 47.5 Å². The van der Waals surface area contributed by atoms with Crippen molar-refractivity contribution in [2.24, 2.45) is 5.92 Å². The summed E-state index contributed by atoms with van der Waals surface area (Å²) in [6, 6.07) is 17.5. The van der Waals surface area contributed by atoms with E-state index in [-0.39, 0.29) is 23.6 Å². The molecule has 2 spiro atoms. The summed E-state index contributed by atoms with van der Waals surface area (Å²) in [5, 5.41) is 7.19. The first-order valence-corrected chi connectivity index (χ1v) is 13.2. The number of nitrogens with zero attached hydrogens (tertiary/aromatic N) is 1. The molecule has 0 bridgehead atoms. The van der Waals surface area contributed by atoms with Crippen LogP contribution in [0.2, 0.25) is 10.0 Å². The van der Waals surface area contributed by atoms with Crippen molar-refractivity contribution < 1.29 is 14.4 Å². The van der Waals surface area contributed by atoms with Gasteiger partial charge in [0, 0.05) is 32.9 Å². The van der Waals surface area contributed by atoms with Gasteiger partial charge in [0.1, 0.15) is 11.0 Å². The van der Waals surface area contributed by atoms with Gasteiger partial charge in [-0.05, 0) is 73.8 Å². The Hall–Kier alpha value is -3.19. The highest BCUT2D eigenvalue weighted by molar-refractivity contribution is 6.32. The largest absolute Gasteiger partial charge is 0.325 e. The number of ketones is 1. The number of benzene rings is 3. The number of fused-ring (bicyclic) bond motifs is 7. The predicted molar refractivity (Wildman–Crippen MR) is 142 cm³/mol. The van der Waals surface area contributed by atoms with Crippen LogP contribution in [0.15, 0.2) is 60.7 Å². The van der Waals surface area contributed by atoms with Crippen molar-refractivity contribution in [2.45, 2.75) is 36.8 Å². The molecule has 4 aliphatic rings. The molecular formula is C29H23Cl2N3O3. The fourth-order valence-corrected chi connectivity index (χ4v) is 7.84. The Morgan fingerprint density at radius 2 is 1.70 bits per heavy atom. The standard InChI is InChI=1S/C29H23Cl2N3O3/c1-15-20(31)13-12-19-24(15)33-27(37)29(19)28(18-5-2-3-6-21(18)32-26(28)36)23(22-7-4-14-34(22)29)25(35)16-8-10-17(30)11-9-16/h2-3,5-6,8-13,22-23H,4,7,14H2,1H3,(H,32,36)(H,33,37)/t22-,23-,28+,29+/m0/s1. The summed E-state index contributed by atoms with van der Waals surface area (Å²) in [7, 11) is 0. The van der Waals surface area contributed by atoms with E-state index in [1.807, 2.05) is 37.3 Å². The van der Waals surface area contributed by atoms with Crippen molar-refractivity contribution in [3.05, 3.63) is 93.0 Å². The van der Waals surface area contributed by atoms with Gasteiger partial charge < -0.3 is 10.6 Å². The van der Waals surface area contributed by atoms with Gasteiger partial charge >= 0.3 is 0 Å². The normalized spacial score (nSPS) is 29.4. The Morgan fingerprint density at radius 1 is 0.946 bits per heavy atom. The Bertz CT molecular complexity index is 1540. The minimum atomic E-state index is -1.47. The molecule has 37 heavy (non-hydrogen) atoms. The molecule has 2 saturated heterocycles. The van der Waals surface area contributed by atoms with Crippen molar-refractivity contribution >= 4 is 52.2 Å². The van der Waals surface area contributed by atoms with Gasteiger partial charge in [0.2, 0.25) is 5.91 Å². The number of hydrogen-bond acceptors (Lipinski definition) is 4. The van der Waals surface area contributed by atoms with Gasteiger partial charge in [-0.25, -0.2) is 0 Å². The van der Waals surface area contributed by atoms with E-state index < -0.39 is 16.9 Å². The third-order valence-corrected chi connectivity index (χ3v) is 9.54. The number of para-hydroxylation sites is 1. The molecule has 3 aromatic rings. The maximum Gasteiger partial charge on any atom is 0.251 e. The number of hydrogen-bond donors (Lipinski definition) is 2. The molecule has 3 aromatic carbocycles. The SMILES string of the molecule is Cc1c(Cl)ccc2c1NC(=O)[C@]21N2CCC[C@H]2[C@@H](C(=O)c2ccc(Cl)cc2)[C@]12C(=O)Nc1ccccc12. The highest BCUT2D eigenvalue weighted by atomic mass is 35.5. The number of carbonyl (C=O) groups excluding carboxylic acids is 3. The van der Waals surface area contributed by atoms with Gasteiger partial charge in [-0.2, -0.15) is 0 Å². The average Bonchev–Trinajstić information content (AvgIpc) is 3.61. The summed E-state index contributed by atoms with van der Waals surface area (Å²) < 4.78 is 0. The Kier molecular flexibility index (Phi) is 4.76. The van der Waals surface area contributed by atoms with Gasteiger partial charge in [-0.15, -0.1) is 0 Å². The monoisotopic (exact) mass is 531 g/mol. The summed E-state index contributed by atoms with van der Waals surface area (Å²) in [6.07, 6.45) is 1.53. The van der Waals surface area contributed by atoms with Crippen LogP contribution in [0.3, 0.4) is 0 Å². The number of anilines is 2. The maximum absolute atomic E-state index is 14.5. The second-order valence-corrected chi connectivity index (χ2v) is 11.2. The number of halogens is 2. The molecule has 0 saturated carbocycles. The minimum Gasteiger partial charge on any atom is -0.325 e. The van der Waals surface area contributed by atoms with Crippen molar-refractivity contribution in [1.29, 1.82) is 0 Å². The number of nitrogens with one attached hydrogen (secondary N) is 2. The second-order valence-electron chi connectivity index (χ2n) is 10.3. The summed E-state index contributed by atoms with van der Waals surface area (Å²) >= 11 is 12.6. The molecule has 0 aromatic heterocycles. The molecule has 0 unspecified atom stereocenters. The predicted octanol–water partition coefficient (Wildman–Crippen LogP) is 5.32. The molecule has 7 rings (SSSR count). The second kappa shape index (κ2) is 7.67. The number of amides is 2. The zero-order valence-electron chi connectivity index (χ0n) is 20.0. The van der Waals surface area contributed by atoms with Gasteiger partial charge in [-0.3, -0.25) is 19.3 Å². The third-order valence-electron chi connectivity index (χ3n) is 8.88.